The first kappa shape index (κ1) is 21.4. The van der Waals surface area contributed by atoms with Crippen molar-refractivity contribution in [1.29, 1.82) is 0 Å². The molecule has 0 spiro atoms. The average molecular weight is 418 g/mol. The minimum absolute atomic E-state index is 0.156. The number of nitrogens with one attached hydrogen (secondary N) is 1. The second-order valence-electron chi connectivity index (χ2n) is 6.31. The van der Waals surface area contributed by atoms with Crippen LogP contribution in [-0.4, -0.2) is 25.2 Å². The maximum absolute atomic E-state index is 13.2. The molecule has 0 aromatic heterocycles. The molecule has 156 valence electrons. The number of benzene rings is 3. The number of halogens is 1. The minimum atomic E-state index is -0.540. The van der Waals surface area contributed by atoms with Crippen molar-refractivity contribution >= 4 is 24.2 Å². The topological polar surface area (TPSA) is 77.0 Å². The molecule has 0 saturated heterocycles. The Hall–Kier alpha value is -4.26. The van der Waals surface area contributed by atoms with Gasteiger partial charge in [0.05, 0.1) is 13.3 Å². The third-order valence-electron chi connectivity index (χ3n) is 4.07. The highest BCUT2D eigenvalue weighted by Gasteiger charge is 2.05. The summed E-state index contributed by atoms with van der Waals surface area (Å²) < 4.78 is 23.6. The fourth-order valence-corrected chi connectivity index (χ4v) is 2.55. The highest BCUT2D eigenvalue weighted by Crippen LogP contribution is 2.14. The van der Waals surface area contributed by atoms with Gasteiger partial charge in [-0.25, -0.2) is 14.6 Å². The molecule has 0 radical (unpaired) electrons. The van der Waals surface area contributed by atoms with Crippen molar-refractivity contribution in [3.05, 3.63) is 101 Å². The summed E-state index contributed by atoms with van der Waals surface area (Å²) in [5, 5.41) is 3.85. The molecule has 0 atom stereocenters. The molecular formula is C24H19FN2O4. The van der Waals surface area contributed by atoms with Crippen molar-refractivity contribution in [2.75, 3.05) is 7.11 Å². The zero-order valence-electron chi connectivity index (χ0n) is 16.6. The number of methoxy groups -OCH3 is 1. The summed E-state index contributed by atoms with van der Waals surface area (Å²) in [5.74, 6) is -0.534. The van der Waals surface area contributed by atoms with Crippen molar-refractivity contribution < 1.29 is 23.5 Å². The van der Waals surface area contributed by atoms with Gasteiger partial charge in [-0.2, -0.15) is 5.10 Å². The largest absolute Gasteiger partial charge is 0.497 e. The quantitative estimate of drug-likeness (QED) is 0.205. The van der Waals surface area contributed by atoms with E-state index in [0.29, 0.717) is 11.3 Å². The van der Waals surface area contributed by atoms with Gasteiger partial charge in [-0.15, -0.1) is 0 Å². The molecule has 1 N–H and O–H groups in total. The normalized spacial score (nSPS) is 10.9. The monoisotopic (exact) mass is 418 g/mol. The van der Waals surface area contributed by atoms with Gasteiger partial charge in [0.1, 0.15) is 17.3 Å². The van der Waals surface area contributed by atoms with E-state index >= 15 is 0 Å². The summed E-state index contributed by atoms with van der Waals surface area (Å²) in [6.45, 7) is 0. The first-order chi connectivity index (χ1) is 15.0. The highest BCUT2D eigenvalue weighted by atomic mass is 19.1. The molecule has 0 saturated carbocycles. The van der Waals surface area contributed by atoms with Crippen molar-refractivity contribution in [3.63, 3.8) is 0 Å². The molecule has 0 heterocycles. The maximum Gasteiger partial charge on any atom is 0.336 e. The van der Waals surface area contributed by atoms with Crippen LogP contribution in [0, 0.1) is 5.82 Å². The van der Waals surface area contributed by atoms with Gasteiger partial charge in [-0.05, 0) is 59.7 Å². The molecule has 0 fully saturated rings. The lowest BCUT2D eigenvalue weighted by Crippen LogP contribution is -2.17. The van der Waals surface area contributed by atoms with E-state index in [2.05, 4.69) is 10.5 Å². The van der Waals surface area contributed by atoms with E-state index in [-0.39, 0.29) is 5.56 Å². The standard InChI is InChI=1S/C24H19FN2O4/c1-30-21-11-8-17(9-12-21)10-13-23(28)31-22-7-2-4-18(14-22)16-26-27-24(29)19-5-3-6-20(25)15-19/h2-16H,1H3,(H,27,29)/b13-10+,26-16?. The van der Waals surface area contributed by atoms with E-state index in [1.165, 1.54) is 30.5 Å². The van der Waals surface area contributed by atoms with E-state index in [1.54, 1.807) is 49.6 Å². The van der Waals surface area contributed by atoms with E-state index < -0.39 is 17.7 Å². The Bertz CT molecular complexity index is 1120. The molecule has 31 heavy (non-hydrogen) atoms. The van der Waals surface area contributed by atoms with E-state index in [1.807, 2.05) is 12.1 Å². The van der Waals surface area contributed by atoms with Crippen LogP contribution in [-0.2, 0) is 4.79 Å². The number of hydrogen-bond acceptors (Lipinski definition) is 5. The van der Waals surface area contributed by atoms with E-state index in [0.717, 1.165) is 17.4 Å². The van der Waals surface area contributed by atoms with Gasteiger partial charge >= 0.3 is 5.97 Å². The first-order valence-electron chi connectivity index (χ1n) is 9.26. The van der Waals surface area contributed by atoms with Gasteiger partial charge in [-0.1, -0.05) is 30.3 Å². The zero-order chi connectivity index (χ0) is 22.1. The molecule has 0 aliphatic rings. The Morgan fingerprint density at radius 3 is 2.45 bits per heavy atom. The molecule has 3 aromatic rings. The zero-order valence-corrected chi connectivity index (χ0v) is 16.6. The number of rotatable bonds is 7. The molecule has 1 amide bonds. The Morgan fingerprint density at radius 2 is 1.71 bits per heavy atom. The van der Waals surface area contributed by atoms with Crippen LogP contribution >= 0.6 is 0 Å². The van der Waals surface area contributed by atoms with Crippen LogP contribution in [0.3, 0.4) is 0 Å². The number of nitrogens with zero attached hydrogens (tertiary/aromatic N) is 1. The van der Waals surface area contributed by atoms with Gasteiger partial charge in [0.2, 0.25) is 0 Å². The van der Waals surface area contributed by atoms with Crippen molar-refractivity contribution in [3.8, 4) is 11.5 Å². The third-order valence-corrected chi connectivity index (χ3v) is 4.07. The third kappa shape index (κ3) is 6.64. The fourth-order valence-electron chi connectivity index (χ4n) is 2.55. The Labute approximate surface area is 178 Å². The summed E-state index contributed by atoms with van der Waals surface area (Å²) in [4.78, 5) is 24.0. The Balaban J connectivity index is 1.56. The van der Waals surface area contributed by atoms with Crippen LogP contribution in [0.1, 0.15) is 21.5 Å². The summed E-state index contributed by atoms with van der Waals surface area (Å²) >= 11 is 0. The summed E-state index contributed by atoms with van der Waals surface area (Å²) in [7, 11) is 1.58. The Morgan fingerprint density at radius 1 is 0.935 bits per heavy atom. The van der Waals surface area contributed by atoms with Crippen molar-refractivity contribution in [1.82, 2.24) is 5.43 Å². The molecule has 0 bridgehead atoms. The fraction of sp³-hybridized carbons (Fsp3) is 0.0417. The predicted molar refractivity (Wildman–Crippen MR) is 116 cm³/mol. The number of hydrazone groups is 1. The summed E-state index contributed by atoms with van der Waals surface area (Å²) in [6.07, 6.45) is 4.35. The van der Waals surface area contributed by atoms with Crippen molar-refractivity contribution in [2.45, 2.75) is 0 Å². The van der Waals surface area contributed by atoms with E-state index in [9.17, 15) is 14.0 Å². The van der Waals surface area contributed by atoms with Crippen molar-refractivity contribution in [2.24, 2.45) is 5.10 Å². The molecule has 3 rings (SSSR count). The van der Waals surface area contributed by atoms with Crippen LogP contribution in [0.2, 0.25) is 0 Å². The lowest BCUT2D eigenvalue weighted by Gasteiger charge is -2.03. The van der Waals surface area contributed by atoms with Gasteiger partial charge in [0, 0.05) is 11.6 Å². The van der Waals surface area contributed by atoms with Crippen LogP contribution in [0.4, 0.5) is 4.39 Å². The number of carbonyl (C=O) groups excluding carboxylic acids is 2. The number of amides is 1. The molecule has 3 aromatic carbocycles. The second kappa shape index (κ2) is 10.5. The Kier molecular flexibility index (Phi) is 7.26. The second-order valence-corrected chi connectivity index (χ2v) is 6.31. The minimum Gasteiger partial charge on any atom is -0.497 e. The number of esters is 1. The smallest absolute Gasteiger partial charge is 0.336 e. The van der Waals surface area contributed by atoms with Crippen LogP contribution in [0.5, 0.6) is 11.5 Å². The molecule has 6 nitrogen and oxygen atoms in total. The number of ether oxygens (including phenoxy) is 2. The predicted octanol–water partition coefficient (Wildman–Crippen LogP) is 4.22. The average Bonchev–Trinajstić information content (AvgIpc) is 2.78. The van der Waals surface area contributed by atoms with Crippen LogP contribution < -0.4 is 14.9 Å². The number of carbonyl (C=O) groups is 2. The van der Waals surface area contributed by atoms with Gasteiger partial charge in [-0.3, -0.25) is 4.79 Å². The van der Waals surface area contributed by atoms with Crippen LogP contribution in [0.25, 0.3) is 6.08 Å². The SMILES string of the molecule is COc1ccc(/C=C/C(=O)Oc2cccc(C=NNC(=O)c3cccc(F)c3)c2)cc1. The maximum atomic E-state index is 13.2. The lowest BCUT2D eigenvalue weighted by molar-refractivity contribution is -0.128. The summed E-state index contributed by atoms with van der Waals surface area (Å²) in [5.41, 5.74) is 3.90. The van der Waals surface area contributed by atoms with Gasteiger partial charge in [0.25, 0.3) is 5.91 Å². The molecule has 0 aliphatic carbocycles. The lowest BCUT2D eigenvalue weighted by atomic mass is 10.2. The summed E-state index contributed by atoms with van der Waals surface area (Å²) in [6, 6.07) is 19.1. The van der Waals surface area contributed by atoms with Gasteiger partial charge in [0.15, 0.2) is 0 Å². The van der Waals surface area contributed by atoms with Gasteiger partial charge < -0.3 is 9.47 Å². The molecule has 7 heteroatoms. The van der Waals surface area contributed by atoms with Crippen LogP contribution in [0.15, 0.2) is 84.0 Å². The first-order valence-corrected chi connectivity index (χ1v) is 9.26. The van der Waals surface area contributed by atoms with E-state index in [4.69, 9.17) is 9.47 Å². The highest BCUT2D eigenvalue weighted by molar-refractivity contribution is 5.95. The number of hydrogen-bond donors (Lipinski definition) is 1. The molecular weight excluding hydrogens is 399 g/mol. The molecule has 0 unspecified atom stereocenters. The molecule has 0 aliphatic heterocycles.